The van der Waals surface area contributed by atoms with E-state index in [1.54, 1.807) is 25.2 Å². The summed E-state index contributed by atoms with van der Waals surface area (Å²) in [5, 5.41) is 13.7. The van der Waals surface area contributed by atoms with Gasteiger partial charge in [0.15, 0.2) is 0 Å². The van der Waals surface area contributed by atoms with Gasteiger partial charge in [-0.15, -0.1) is 23.1 Å². The molecule has 2 N–H and O–H groups in total. The van der Waals surface area contributed by atoms with E-state index in [1.807, 2.05) is 24.4 Å². The van der Waals surface area contributed by atoms with E-state index in [1.165, 1.54) is 0 Å². The van der Waals surface area contributed by atoms with Gasteiger partial charge in [0.05, 0.1) is 11.8 Å². The van der Waals surface area contributed by atoms with Crippen LogP contribution in [0.25, 0.3) is 0 Å². The molecule has 18 heavy (non-hydrogen) atoms. The molecule has 1 aromatic heterocycles. The summed E-state index contributed by atoms with van der Waals surface area (Å²) in [5.41, 5.74) is 0. The number of hydrogen-bond acceptors (Lipinski definition) is 4. The molecule has 0 bridgehead atoms. The second-order valence-electron chi connectivity index (χ2n) is 4.41. The number of thiophene rings is 1. The summed E-state index contributed by atoms with van der Waals surface area (Å²) in [5.74, 6) is -0.906. The van der Waals surface area contributed by atoms with Gasteiger partial charge in [0, 0.05) is 4.88 Å². The van der Waals surface area contributed by atoms with E-state index < -0.39 is 10.7 Å². The van der Waals surface area contributed by atoms with E-state index in [0.29, 0.717) is 0 Å². The van der Waals surface area contributed by atoms with Gasteiger partial charge in [0.1, 0.15) is 4.75 Å². The minimum atomic E-state index is -0.941. The molecule has 6 heteroatoms. The molecule has 1 amide bonds. The van der Waals surface area contributed by atoms with Gasteiger partial charge in [0.25, 0.3) is 0 Å². The lowest BCUT2D eigenvalue weighted by Crippen LogP contribution is -2.33. The molecule has 0 radical (unpaired) electrons. The molecule has 4 nitrogen and oxygen atoms in total. The molecule has 0 saturated carbocycles. The van der Waals surface area contributed by atoms with Crippen molar-refractivity contribution in [2.45, 2.75) is 31.6 Å². The third kappa shape index (κ3) is 4.34. The van der Waals surface area contributed by atoms with E-state index in [-0.39, 0.29) is 17.7 Å². The molecule has 1 aromatic rings. The number of carboxylic acid groups (broad SMARTS) is 1. The number of nitrogens with one attached hydrogen (secondary N) is 1. The average Bonchev–Trinajstić information content (AvgIpc) is 2.79. The van der Waals surface area contributed by atoms with Crippen molar-refractivity contribution in [3.63, 3.8) is 0 Å². The monoisotopic (exact) mass is 287 g/mol. The number of hydrogen-bond donors (Lipinski definition) is 2. The van der Waals surface area contributed by atoms with E-state index in [2.05, 4.69) is 5.32 Å². The van der Waals surface area contributed by atoms with Crippen molar-refractivity contribution in [3.8, 4) is 0 Å². The molecule has 100 valence electrons. The second kappa shape index (κ2) is 6.24. The lowest BCUT2D eigenvalue weighted by Gasteiger charge is -2.19. The smallest absolute Gasteiger partial charge is 0.319 e. The van der Waals surface area contributed by atoms with Gasteiger partial charge >= 0.3 is 5.97 Å². The lowest BCUT2D eigenvalue weighted by molar-refractivity contribution is -0.138. The van der Waals surface area contributed by atoms with Crippen LogP contribution in [-0.4, -0.2) is 27.5 Å². The number of thioether (sulfide) groups is 1. The largest absolute Gasteiger partial charge is 0.480 e. The van der Waals surface area contributed by atoms with Gasteiger partial charge < -0.3 is 10.4 Å². The van der Waals surface area contributed by atoms with E-state index in [0.717, 1.165) is 16.6 Å². The van der Waals surface area contributed by atoms with Gasteiger partial charge in [-0.25, -0.2) is 0 Å². The Bertz CT molecular complexity index is 415. The van der Waals surface area contributed by atoms with Gasteiger partial charge in [0.2, 0.25) is 5.91 Å². The molecule has 1 heterocycles. The highest BCUT2D eigenvalue weighted by atomic mass is 32.2. The zero-order valence-electron chi connectivity index (χ0n) is 10.6. The van der Waals surface area contributed by atoms with Gasteiger partial charge in [-0.1, -0.05) is 6.07 Å². The highest BCUT2D eigenvalue weighted by Crippen LogP contribution is 2.24. The maximum Gasteiger partial charge on any atom is 0.319 e. The summed E-state index contributed by atoms with van der Waals surface area (Å²) in [6, 6.07) is 3.86. The van der Waals surface area contributed by atoms with Crippen LogP contribution in [0, 0.1) is 0 Å². The fraction of sp³-hybridized carbons (Fsp3) is 0.500. The Morgan fingerprint density at radius 2 is 2.22 bits per heavy atom. The van der Waals surface area contributed by atoms with Crippen LogP contribution >= 0.6 is 23.1 Å². The third-order valence-corrected chi connectivity index (χ3v) is 4.78. The molecular weight excluding hydrogens is 270 g/mol. The highest BCUT2D eigenvalue weighted by Gasteiger charge is 2.28. The number of rotatable bonds is 6. The first-order valence-corrected chi connectivity index (χ1v) is 7.39. The third-order valence-electron chi connectivity index (χ3n) is 2.43. The Balaban J connectivity index is 2.41. The van der Waals surface area contributed by atoms with Crippen molar-refractivity contribution < 1.29 is 14.7 Å². The SMILES string of the molecule is CC(NC(=O)CSC(C)(C)C(=O)O)c1cccs1. The molecule has 0 fully saturated rings. The number of carbonyl (C=O) groups excluding carboxylic acids is 1. The Morgan fingerprint density at radius 3 is 2.72 bits per heavy atom. The Hall–Kier alpha value is -1.01. The fourth-order valence-electron chi connectivity index (χ4n) is 1.20. The van der Waals surface area contributed by atoms with Gasteiger partial charge in [-0.05, 0) is 32.2 Å². The molecule has 0 aliphatic rings. The Kier molecular flexibility index (Phi) is 5.22. The lowest BCUT2D eigenvalue weighted by atomic mass is 10.2. The van der Waals surface area contributed by atoms with Crippen LogP contribution < -0.4 is 5.32 Å². The summed E-state index contributed by atoms with van der Waals surface area (Å²) >= 11 is 2.71. The van der Waals surface area contributed by atoms with Crippen molar-refractivity contribution in [2.24, 2.45) is 0 Å². The molecule has 1 rings (SSSR count). The molecule has 1 unspecified atom stereocenters. The van der Waals surface area contributed by atoms with E-state index >= 15 is 0 Å². The topological polar surface area (TPSA) is 66.4 Å². The van der Waals surface area contributed by atoms with Crippen molar-refractivity contribution in [2.75, 3.05) is 5.75 Å². The predicted molar refractivity (Wildman–Crippen MR) is 75.0 cm³/mol. The van der Waals surface area contributed by atoms with Crippen LogP contribution in [0.1, 0.15) is 31.7 Å². The molecule has 0 saturated heterocycles. The minimum Gasteiger partial charge on any atom is -0.480 e. The number of carboxylic acids is 1. The number of amides is 1. The minimum absolute atomic E-state index is 0.0361. The predicted octanol–water partition coefficient (Wildman–Crippen LogP) is 2.52. The van der Waals surface area contributed by atoms with Crippen LogP contribution in [0.4, 0.5) is 0 Å². The summed E-state index contributed by atoms with van der Waals surface area (Å²) in [6.07, 6.45) is 0. The van der Waals surface area contributed by atoms with Crippen LogP contribution in [0.3, 0.4) is 0 Å². The Labute approximate surface area is 115 Å². The molecule has 0 spiro atoms. The maximum atomic E-state index is 11.7. The summed E-state index contributed by atoms with van der Waals surface area (Å²) in [4.78, 5) is 23.7. The van der Waals surface area contributed by atoms with E-state index in [4.69, 9.17) is 5.11 Å². The summed E-state index contributed by atoms with van der Waals surface area (Å²) in [7, 11) is 0. The second-order valence-corrected chi connectivity index (χ2v) is 6.99. The molecule has 0 aliphatic carbocycles. The average molecular weight is 287 g/mol. The van der Waals surface area contributed by atoms with E-state index in [9.17, 15) is 9.59 Å². The van der Waals surface area contributed by atoms with Crippen LogP contribution in [0.5, 0.6) is 0 Å². The first-order chi connectivity index (χ1) is 8.33. The molecule has 0 aromatic carbocycles. The summed E-state index contributed by atoms with van der Waals surface area (Å²) < 4.78 is -0.941. The van der Waals surface area contributed by atoms with Crippen LogP contribution in [0.2, 0.25) is 0 Å². The Morgan fingerprint density at radius 1 is 1.56 bits per heavy atom. The van der Waals surface area contributed by atoms with Crippen molar-refractivity contribution >= 4 is 35.0 Å². The first kappa shape index (κ1) is 15.0. The van der Waals surface area contributed by atoms with Crippen LogP contribution in [0.15, 0.2) is 17.5 Å². The first-order valence-electron chi connectivity index (χ1n) is 5.53. The molecule has 0 aliphatic heterocycles. The van der Waals surface area contributed by atoms with Crippen molar-refractivity contribution in [3.05, 3.63) is 22.4 Å². The number of aliphatic carboxylic acids is 1. The zero-order valence-corrected chi connectivity index (χ0v) is 12.2. The number of carbonyl (C=O) groups is 2. The zero-order chi connectivity index (χ0) is 13.8. The fourth-order valence-corrected chi connectivity index (χ4v) is 2.63. The van der Waals surface area contributed by atoms with Crippen molar-refractivity contribution in [1.29, 1.82) is 0 Å². The standard InChI is InChI=1S/C12H17NO3S2/c1-8(9-5-4-6-17-9)13-10(14)7-18-12(2,3)11(15)16/h4-6,8H,7H2,1-3H3,(H,13,14)(H,15,16). The van der Waals surface area contributed by atoms with Crippen molar-refractivity contribution in [1.82, 2.24) is 5.32 Å². The maximum absolute atomic E-state index is 11.7. The normalized spacial score (nSPS) is 13.1. The van der Waals surface area contributed by atoms with Crippen LogP contribution in [-0.2, 0) is 9.59 Å². The summed E-state index contributed by atoms with van der Waals surface area (Å²) in [6.45, 7) is 5.10. The van der Waals surface area contributed by atoms with Gasteiger partial charge in [-0.3, -0.25) is 9.59 Å². The molecule has 1 atom stereocenters. The van der Waals surface area contributed by atoms with Gasteiger partial charge in [-0.2, -0.15) is 0 Å². The highest BCUT2D eigenvalue weighted by molar-refractivity contribution is 8.01. The molecular formula is C12H17NO3S2. The quantitative estimate of drug-likeness (QED) is 0.843.